The van der Waals surface area contributed by atoms with Crippen LogP contribution in [0.2, 0.25) is 5.02 Å². The van der Waals surface area contributed by atoms with Gasteiger partial charge in [0.15, 0.2) is 22.9 Å². The Hall–Kier alpha value is -4.38. The van der Waals surface area contributed by atoms with Crippen LogP contribution < -0.4 is 10.1 Å². The van der Waals surface area contributed by atoms with E-state index in [0.29, 0.717) is 22.4 Å². The first-order valence-corrected chi connectivity index (χ1v) is 11.7. The number of rotatable bonds is 6. The number of aryl methyl sites for hydroxylation is 1. The van der Waals surface area contributed by atoms with Gasteiger partial charge < -0.3 is 10.1 Å². The van der Waals surface area contributed by atoms with Crippen molar-refractivity contribution in [2.24, 2.45) is 0 Å². The molecule has 12 heteroatoms. The van der Waals surface area contributed by atoms with Crippen molar-refractivity contribution in [3.05, 3.63) is 94.4 Å². The maximum Gasteiger partial charge on any atom is 0.433 e. The van der Waals surface area contributed by atoms with Crippen molar-refractivity contribution in [1.82, 2.24) is 24.4 Å². The van der Waals surface area contributed by atoms with E-state index >= 15 is 0 Å². The lowest BCUT2D eigenvalue weighted by atomic mass is 10.1. The molecule has 5 aromatic rings. The standard InChI is InChI=1S/C26H20ClF3N6O2/c1-15-5-3-6-16(11-15)14-35-10-9-21(33-35)32-25(37)23-22(27)24-31-19(17-7-4-8-18(12-17)38-2)13-20(26(28,29)30)36(24)34-23/h3-13H,14H2,1-2H3,(H,32,33,37). The molecule has 0 aliphatic carbocycles. The van der Waals surface area contributed by atoms with Gasteiger partial charge in [-0.2, -0.15) is 23.4 Å². The minimum absolute atomic E-state index is 0.00706. The Kier molecular flexibility index (Phi) is 6.53. The van der Waals surface area contributed by atoms with Gasteiger partial charge in [0.25, 0.3) is 5.91 Å². The van der Waals surface area contributed by atoms with Crippen LogP contribution in [0.3, 0.4) is 0 Å². The lowest BCUT2D eigenvalue weighted by Gasteiger charge is -2.11. The lowest BCUT2D eigenvalue weighted by Crippen LogP contribution is -2.16. The largest absolute Gasteiger partial charge is 0.497 e. The first-order valence-electron chi connectivity index (χ1n) is 11.3. The van der Waals surface area contributed by atoms with Crippen molar-refractivity contribution < 1.29 is 22.7 Å². The summed E-state index contributed by atoms with van der Waals surface area (Å²) in [5.41, 5.74) is 0.629. The molecule has 0 atom stereocenters. The molecule has 0 unspecified atom stereocenters. The third kappa shape index (κ3) is 5.05. The van der Waals surface area contributed by atoms with Crippen LogP contribution in [0.4, 0.5) is 19.0 Å². The van der Waals surface area contributed by atoms with Crippen molar-refractivity contribution in [2.45, 2.75) is 19.6 Å². The van der Waals surface area contributed by atoms with Gasteiger partial charge in [-0.25, -0.2) is 9.50 Å². The Balaban J connectivity index is 1.47. The van der Waals surface area contributed by atoms with Crippen molar-refractivity contribution in [3.8, 4) is 17.0 Å². The molecule has 0 spiro atoms. The van der Waals surface area contributed by atoms with Crippen molar-refractivity contribution in [1.29, 1.82) is 0 Å². The molecule has 38 heavy (non-hydrogen) atoms. The fourth-order valence-corrected chi connectivity index (χ4v) is 4.20. The van der Waals surface area contributed by atoms with Gasteiger partial charge in [-0.3, -0.25) is 9.48 Å². The number of aromatic nitrogens is 5. The highest BCUT2D eigenvalue weighted by Gasteiger charge is 2.37. The van der Waals surface area contributed by atoms with E-state index in [1.54, 1.807) is 41.2 Å². The van der Waals surface area contributed by atoms with Crippen LogP contribution in [0.5, 0.6) is 5.75 Å². The van der Waals surface area contributed by atoms with E-state index < -0.39 is 23.5 Å². The molecule has 5 rings (SSSR count). The zero-order valence-corrected chi connectivity index (χ0v) is 20.9. The number of nitrogens with one attached hydrogen (secondary N) is 1. The molecular formula is C26H20ClF3N6O2. The topological polar surface area (TPSA) is 86.3 Å². The van der Waals surface area contributed by atoms with Gasteiger partial charge in [0.1, 0.15) is 10.8 Å². The zero-order valence-electron chi connectivity index (χ0n) is 20.1. The van der Waals surface area contributed by atoms with Gasteiger partial charge in [0, 0.05) is 17.8 Å². The minimum atomic E-state index is -4.80. The number of benzene rings is 2. The number of methoxy groups -OCH3 is 1. The normalized spacial score (nSPS) is 11.6. The number of fused-ring (bicyclic) bond motifs is 1. The van der Waals surface area contributed by atoms with E-state index in [4.69, 9.17) is 16.3 Å². The van der Waals surface area contributed by atoms with E-state index in [9.17, 15) is 18.0 Å². The second-order valence-corrected chi connectivity index (χ2v) is 8.87. The van der Waals surface area contributed by atoms with Crippen LogP contribution in [0.25, 0.3) is 16.9 Å². The molecule has 1 N–H and O–H groups in total. The molecule has 2 aromatic carbocycles. The highest BCUT2D eigenvalue weighted by Crippen LogP contribution is 2.35. The second kappa shape index (κ2) is 9.82. The molecule has 0 aliphatic heterocycles. The lowest BCUT2D eigenvalue weighted by molar-refractivity contribution is -0.142. The molecule has 0 fully saturated rings. The monoisotopic (exact) mass is 540 g/mol. The third-order valence-corrected chi connectivity index (χ3v) is 6.06. The van der Waals surface area contributed by atoms with E-state index in [-0.39, 0.29) is 22.2 Å². The summed E-state index contributed by atoms with van der Waals surface area (Å²) in [6.07, 6.45) is -3.13. The Morgan fingerprint density at radius 3 is 2.61 bits per heavy atom. The van der Waals surface area contributed by atoms with Crippen LogP contribution in [0.1, 0.15) is 27.3 Å². The predicted molar refractivity (Wildman–Crippen MR) is 135 cm³/mol. The molecule has 8 nitrogen and oxygen atoms in total. The van der Waals surface area contributed by atoms with Crippen LogP contribution in [-0.2, 0) is 12.7 Å². The molecule has 0 radical (unpaired) electrons. The Morgan fingerprint density at radius 1 is 1.08 bits per heavy atom. The number of ether oxygens (including phenoxy) is 1. The maximum atomic E-state index is 14.0. The summed E-state index contributed by atoms with van der Waals surface area (Å²) in [4.78, 5) is 17.2. The molecule has 3 aromatic heterocycles. The summed E-state index contributed by atoms with van der Waals surface area (Å²) in [6.45, 7) is 2.45. The number of amides is 1. The summed E-state index contributed by atoms with van der Waals surface area (Å²) in [5.74, 6) is -0.187. The molecule has 0 saturated carbocycles. The van der Waals surface area contributed by atoms with Gasteiger partial charge >= 0.3 is 6.18 Å². The number of carbonyl (C=O) groups excluding carboxylic acids is 1. The third-order valence-electron chi connectivity index (χ3n) is 5.71. The van der Waals surface area contributed by atoms with Gasteiger partial charge in [-0.05, 0) is 30.7 Å². The van der Waals surface area contributed by atoms with Gasteiger partial charge in [-0.15, -0.1) is 0 Å². The maximum absolute atomic E-state index is 14.0. The Bertz CT molecular complexity index is 1660. The SMILES string of the molecule is COc1cccc(-c2cc(C(F)(F)F)n3nc(C(=O)Nc4ccn(Cc5cccc(C)c5)n4)c(Cl)c3n2)c1. The number of alkyl halides is 3. The highest BCUT2D eigenvalue weighted by molar-refractivity contribution is 6.37. The van der Waals surface area contributed by atoms with Crippen molar-refractivity contribution >= 4 is 29.0 Å². The quantitative estimate of drug-likeness (QED) is 0.290. The van der Waals surface area contributed by atoms with E-state index in [2.05, 4.69) is 20.5 Å². The van der Waals surface area contributed by atoms with Gasteiger partial charge in [0.2, 0.25) is 0 Å². The van der Waals surface area contributed by atoms with Crippen LogP contribution in [-0.4, -0.2) is 37.4 Å². The number of hydrogen-bond acceptors (Lipinski definition) is 5. The Morgan fingerprint density at radius 2 is 1.87 bits per heavy atom. The second-order valence-electron chi connectivity index (χ2n) is 8.50. The average molecular weight is 541 g/mol. The van der Waals surface area contributed by atoms with Crippen molar-refractivity contribution in [2.75, 3.05) is 12.4 Å². The number of nitrogens with zero attached hydrogens (tertiary/aromatic N) is 5. The predicted octanol–water partition coefficient (Wildman–Crippen LogP) is 5.88. The first-order chi connectivity index (χ1) is 18.1. The molecule has 0 aliphatic rings. The smallest absolute Gasteiger partial charge is 0.433 e. The van der Waals surface area contributed by atoms with Crippen LogP contribution >= 0.6 is 11.6 Å². The van der Waals surface area contributed by atoms with Crippen LogP contribution in [0, 0.1) is 6.92 Å². The fourth-order valence-electron chi connectivity index (χ4n) is 3.96. The molecular weight excluding hydrogens is 521 g/mol. The van der Waals surface area contributed by atoms with E-state index in [0.717, 1.165) is 17.2 Å². The summed E-state index contributed by atoms with van der Waals surface area (Å²) in [5, 5.41) is 10.4. The fraction of sp³-hybridized carbons (Fsp3) is 0.154. The molecule has 0 saturated heterocycles. The summed E-state index contributed by atoms with van der Waals surface area (Å²) in [7, 11) is 1.45. The molecule has 194 valence electrons. The molecule has 0 bridgehead atoms. The number of hydrogen-bond donors (Lipinski definition) is 1. The van der Waals surface area contributed by atoms with Gasteiger partial charge in [0.05, 0.1) is 19.3 Å². The highest BCUT2D eigenvalue weighted by atomic mass is 35.5. The number of carbonyl (C=O) groups is 1. The zero-order chi connectivity index (χ0) is 27.0. The van der Waals surface area contributed by atoms with E-state index in [1.807, 2.05) is 31.2 Å². The number of anilines is 1. The summed E-state index contributed by atoms with van der Waals surface area (Å²) < 4.78 is 49.3. The van der Waals surface area contributed by atoms with Crippen molar-refractivity contribution in [3.63, 3.8) is 0 Å². The minimum Gasteiger partial charge on any atom is -0.497 e. The summed E-state index contributed by atoms with van der Waals surface area (Å²) in [6, 6.07) is 16.7. The average Bonchev–Trinajstić information content (AvgIpc) is 3.46. The first kappa shape index (κ1) is 25.3. The Labute approximate surface area is 219 Å². The number of halogens is 4. The summed E-state index contributed by atoms with van der Waals surface area (Å²) >= 11 is 6.36. The van der Waals surface area contributed by atoms with E-state index in [1.165, 1.54) is 7.11 Å². The molecule has 1 amide bonds. The van der Waals surface area contributed by atoms with Gasteiger partial charge in [-0.1, -0.05) is 53.6 Å². The molecule has 3 heterocycles. The van der Waals surface area contributed by atoms with Crippen LogP contribution in [0.15, 0.2) is 66.9 Å².